The monoisotopic (exact) mass is 406 g/mol. The Hall–Kier alpha value is -4.30. The van der Waals surface area contributed by atoms with Crippen molar-refractivity contribution in [1.82, 2.24) is 8.97 Å². The van der Waals surface area contributed by atoms with Crippen molar-refractivity contribution in [2.45, 2.75) is 0 Å². The highest BCUT2D eigenvalue weighted by Crippen LogP contribution is 2.44. The first kappa shape index (κ1) is 16.4. The van der Waals surface area contributed by atoms with Gasteiger partial charge in [0, 0.05) is 38.0 Å². The van der Waals surface area contributed by atoms with Crippen molar-refractivity contribution in [2.24, 2.45) is 0 Å². The van der Waals surface area contributed by atoms with Crippen LogP contribution < -0.4 is 0 Å². The highest BCUT2D eigenvalue weighted by atomic mass is 15.0. The van der Waals surface area contributed by atoms with E-state index >= 15 is 0 Å². The fourth-order valence-electron chi connectivity index (χ4n) is 5.83. The van der Waals surface area contributed by atoms with Gasteiger partial charge in [-0.25, -0.2) is 0 Å². The molecular formula is C30H18N2. The first-order valence-corrected chi connectivity index (χ1v) is 11.1. The predicted molar refractivity (Wildman–Crippen MR) is 135 cm³/mol. The Labute approximate surface area is 183 Å². The third-order valence-electron chi connectivity index (χ3n) is 7.04. The predicted octanol–water partition coefficient (Wildman–Crippen LogP) is 7.93. The maximum Gasteiger partial charge on any atom is 0.0620 e. The van der Waals surface area contributed by atoms with Crippen molar-refractivity contribution in [2.75, 3.05) is 0 Å². The van der Waals surface area contributed by atoms with E-state index in [0.717, 1.165) is 0 Å². The molecule has 0 fully saturated rings. The Morgan fingerprint density at radius 2 is 1.00 bits per heavy atom. The van der Waals surface area contributed by atoms with Crippen LogP contribution in [0, 0.1) is 0 Å². The molecule has 32 heavy (non-hydrogen) atoms. The van der Waals surface area contributed by atoms with Crippen molar-refractivity contribution < 1.29 is 0 Å². The first-order valence-electron chi connectivity index (χ1n) is 11.1. The average Bonchev–Trinajstić information content (AvgIpc) is 3.49. The Morgan fingerprint density at radius 1 is 0.375 bits per heavy atom. The summed E-state index contributed by atoms with van der Waals surface area (Å²) >= 11 is 0. The molecule has 0 amide bonds. The lowest BCUT2D eigenvalue weighted by Gasteiger charge is -2.07. The summed E-state index contributed by atoms with van der Waals surface area (Å²) in [5.74, 6) is 0. The van der Waals surface area contributed by atoms with Gasteiger partial charge in [0.15, 0.2) is 0 Å². The van der Waals surface area contributed by atoms with Crippen LogP contribution in [0.4, 0.5) is 0 Å². The molecule has 5 aromatic carbocycles. The lowest BCUT2D eigenvalue weighted by atomic mass is 10.0. The molecule has 8 rings (SSSR count). The van der Waals surface area contributed by atoms with Gasteiger partial charge in [0.1, 0.15) is 0 Å². The fraction of sp³-hybridized carbons (Fsp3) is 0. The Bertz CT molecular complexity index is 1970. The van der Waals surface area contributed by atoms with Crippen LogP contribution in [0.1, 0.15) is 0 Å². The van der Waals surface area contributed by atoms with Crippen LogP contribution in [0.3, 0.4) is 0 Å². The minimum atomic E-state index is 1.19. The molecule has 0 spiro atoms. The molecule has 0 saturated heterocycles. The number of rotatable bonds is 1. The van der Waals surface area contributed by atoms with Gasteiger partial charge in [0.2, 0.25) is 0 Å². The highest BCUT2D eigenvalue weighted by molar-refractivity contribution is 6.32. The second kappa shape index (κ2) is 5.68. The largest absolute Gasteiger partial charge is 0.309 e. The normalized spacial score (nSPS) is 12.4. The van der Waals surface area contributed by atoms with E-state index in [-0.39, 0.29) is 0 Å². The van der Waals surface area contributed by atoms with Crippen LogP contribution in [-0.2, 0) is 0 Å². The van der Waals surface area contributed by atoms with Crippen molar-refractivity contribution >= 4 is 59.9 Å². The van der Waals surface area contributed by atoms with E-state index < -0.39 is 0 Å². The molecule has 3 heterocycles. The lowest BCUT2D eigenvalue weighted by Crippen LogP contribution is -1.92. The standard InChI is InChI=1S/C30H18N2/c1-2-9-19(10-3-1)31-25-16-7-5-12-22(25)28-26(31)17-18-27-29(28)23-14-8-13-21-20-11-4-6-15-24(20)32(27)30(21)23/h1-18H. The molecule has 0 N–H and O–H groups in total. The summed E-state index contributed by atoms with van der Waals surface area (Å²) in [6.45, 7) is 0. The fourth-order valence-corrected chi connectivity index (χ4v) is 5.83. The third-order valence-corrected chi connectivity index (χ3v) is 7.04. The minimum Gasteiger partial charge on any atom is -0.309 e. The molecule has 0 atom stereocenters. The minimum absolute atomic E-state index is 1.19. The van der Waals surface area contributed by atoms with Gasteiger partial charge in [-0.15, -0.1) is 0 Å². The number of benzene rings is 5. The molecule has 0 radical (unpaired) electrons. The molecule has 0 bridgehead atoms. The summed E-state index contributed by atoms with van der Waals surface area (Å²) in [7, 11) is 0. The SMILES string of the molecule is c1ccc(-n2c3ccccc3c3c4c5cccc6c7ccccc7n(c4ccc32)c65)cc1. The van der Waals surface area contributed by atoms with E-state index in [1.807, 2.05) is 0 Å². The Balaban J connectivity index is 1.70. The van der Waals surface area contributed by atoms with Gasteiger partial charge in [0.05, 0.1) is 27.6 Å². The van der Waals surface area contributed by atoms with Crippen LogP contribution in [-0.4, -0.2) is 8.97 Å². The van der Waals surface area contributed by atoms with Gasteiger partial charge in [-0.05, 0) is 36.4 Å². The number of para-hydroxylation sites is 4. The summed E-state index contributed by atoms with van der Waals surface area (Å²) in [5.41, 5.74) is 7.58. The van der Waals surface area contributed by atoms with Gasteiger partial charge < -0.3 is 8.97 Å². The van der Waals surface area contributed by atoms with Crippen LogP contribution >= 0.6 is 0 Å². The number of fused-ring (bicyclic) bond motifs is 10. The van der Waals surface area contributed by atoms with E-state index in [1.165, 1.54) is 65.6 Å². The van der Waals surface area contributed by atoms with E-state index in [1.54, 1.807) is 0 Å². The van der Waals surface area contributed by atoms with Crippen LogP contribution in [0.15, 0.2) is 109 Å². The van der Waals surface area contributed by atoms with E-state index in [0.29, 0.717) is 0 Å². The van der Waals surface area contributed by atoms with Gasteiger partial charge in [-0.3, -0.25) is 0 Å². The molecule has 0 aliphatic rings. The molecule has 2 nitrogen and oxygen atoms in total. The third kappa shape index (κ3) is 1.82. The number of hydrogen-bond acceptors (Lipinski definition) is 0. The Kier molecular flexibility index (Phi) is 2.91. The molecule has 0 aliphatic carbocycles. The maximum atomic E-state index is 2.46. The number of hydrogen-bond donors (Lipinski definition) is 0. The second-order valence-corrected chi connectivity index (χ2v) is 8.60. The molecule has 0 saturated carbocycles. The lowest BCUT2D eigenvalue weighted by molar-refractivity contribution is 1.18. The zero-order valence-corrected chi connectivity index (χ0v) is 17.3. The van der Waals surface area contributed by atoms with Gasteiger partial charge >= 0.3 is 0 Å². The van der Waals surface area contributed by atoms with Gasteiger partial charge in [-0.2, -0.15) is 0 Å². The summed E-state index contributed by atoms with van der Waals surface area (Å²) in [6.07, 6.45) is 0. The van der Waals surface area contributed by atoms with Crippen molar-refractivity contribution in [3.8, 4) is 5.69 Å². The average molecular weight is 406 g/mol. The summed E-state index contributed by atoms with van der Waals surface area (Å²) in [5, 5.41) is 7.96. The molecular weight excluding hydrogens is 388 g/mol. The summed E-state index contributed by atoms with van der Waals surface area (Å²) in [4.78, 5) is 0. The molecule has 2 heteroatoms. The zero-order valence-electron chi connectivity index (χ0n) is 17.3. The zero-order chi connectivity index (χ0) is 20.8. The van der Waals surface area contributed by atoms with Gasteiger partial charge in [-0.1, -0.05) is 72.8 Å². The van der Waals surface area contributed by atoms with Crippen LogP contribution in [0.2, 0.25) is 0 Å². The van der Waals surface area contributed by atoms with Gasteiger partial charge in [0.25, 0.3) is 0 Å². The smallest absolute Gasteiger partial charge is 0.0620 e. The molecule has 0 unspecified atom stereocenters. The van der Waals surface area contributed by atoms with Crippen LogP contribution in [0.5, 0.6) is 0 Å². The van der Waals surface area contributed by atoms with Crippen molar-refractivity contribution in [3.05, 3.63) is 109 Å². The first-order chi connectivity index (χ1) is 15.9. The second-order valence-electron chi connectivity index (χ2n) is 8.60. The molecule has 0 aliphatic heterocycles. The maximum absolute atomic E-state index is 2.46. The quantitative estimate of drug-likeness (QED) is 0.262. The summed E-state index contributed by atoms with van der Waals surface area (Å²) < 4.78 is 4.86. The van der Waals surface area contributed by atoms with Crippen molar-refractivity contribution in [1.29, 1.82) is 0 Å². The number of nitrogens with zero attached hydrogens (tertiary/aromatic N) is 2. The van der Waals surface area contributed by atoms with Crippen LogP contribution in [0.25, 0.3) is 65.6 Å². The topological polar surface area (TPSA) is 9.34 Å². The van der Waals surface area contributed by atoms with Crippen molar-refractivity contribution in [3.63, 3.8) is 0 Å². The molecule has 8 aromatic rings. The summed E-state index contributed by atoms with van der Waals surface area (Å²) in [6, 6.07) is 39.6. The molecule has 148 valence electrons. The Morgan fingerprint density at radius 3 is 1.88 bits per heavy atom. The number of aromatic nitrogens is 2. The van der Waals surface area contributed by atoms with E-state index in [4.69, 9.17) is 0 Å². The van der Waals surface area contributed by atoms with E-state index in [2.05, 4.69) is 118 Å². The highest BCUT2D eigenvalue weighted by Gasteiger charge is 2.21. The van der Waals surface area contributed by atoms with E-state index in [9.17, 15) is 0 Å². The molecule has 3 aromatic heterocycles.